The monoisotopic (exact) mass is 268 g/mol. The lowest BCUT2D eigenvalue weighted by molar-refractivity contribution is -0.129. The van der Waals surface area contributed by atoms with Gasteiger partial charge in [-0.2, -0.15) is 0 Å². The molecule has 1 aromatic heterocycles. The average molecular weight is 268 g/mol. The molecule has 0 aliphatic carbocycles. The first-order valence-electron chi connectivity index (χ1n) is 5.87. The molecule has 2 heterocycles. The first-order chi connectivity index (χ1) is 8.56. The van der Waals surface area contributed by atoms with E-state index < -0.39 is 6.10 Å². The first kappa shape index (κ1) is 13.0. The molecule has 0 radical (unpaired) electrons. The molecule has 1 aromatic rings. The number of β-amino-alcohol motifs (C(OH)–C–C–N with tert-alkyl or cyclic N) is 1. The third-order valence-corrected chi connectivity index (χ3v) is 3.88. The maximum atomic E-state index is 11.7. The maximum Gasteiger partial charge on any atom is 0.261 e. The van der Waals surface area contributed by atoms with E-state index >= 15 is 0 Å². The number of aryl methyl sites for hydroxylation is 1. The largest absolute Gasteiger partial charge is 0.391 e. The molecule has 0 bridgehead atoms. The Morgan fingerprint density at radius 3 is 2.89 bits per heavy atom. The van der Waals surface area contributed by atoms with Crippen LogP contribution in [-0.2, 0) is 4.79 Å². The van der Waals surface area contributed by atoms with Crippen LogP contribution in [0.3, 0.4) is 0 Å². The minimum atomic E-state index is -0.426. The molecule has 0 aromatic carbocycles. The van der Waals surface area contributed by atoms with Gasteiger partial charge in [0.1, 0.15) is 0 Å². The van der Waals surface area contributed by atoms with Gasteiger partial charge in [0.05, 0.1) is 17.5 Å². The molecule has 2 rings (SSSR count). The molecule has 5 nitrogen and oxygen atoms in total. The van der Waals surface area contributed by atoms with Crippen molar-refractivity contribution in [2.45, 2.75) is 19.4 Å². The fraction of sp³-hybridized carbons (Fsp3) is 0.500. The van der Waals surface area contributed by atoms with E-state index in [9.17, 15) is 14.7 Å². The summed E-state index contributed by atoms with van der Waals surface area (Å²) < 4.78 is 0. The van der Waals surface area contributed by atoms with Gasteiger partial charge >= 0.3 is 0 Å². The summed E-state index contributed by atoms with van der Waals surface area (Å²) in [5.41, 5.74) is 0. The van der Waals surface area contributed by atoms with Gasteiger partial charge in [-0.05, 0) is 25.5 Å². The van der Waals surface area contributed by atoms with Crippen molar-refractivity contribution < 1.29 is 14.7 Å². The Kier molecular flexibility index (Phi) is 3.98. The van der Waals surface area contributed by atoms with Crippen LogP contribution in [0.4, 0.5) is 0 Å². The lowest BCUT2D eigenvalue weighted by Crippen LogP contribution is -2.39. The Hall–Kier alpha value is -1.40. The highest BCUT2D eigenvalue weighted by atomic mass is 32.1. The molecule has 1 atom stereocenters. The van der Waals surface area contributed by atoms with Gasteiger partial charge in [0, 0.05) is 18.0 Å². The van der Waals surface area contributed by atoms with Crippen LogP contribution in [0.15, 0.2) is 12.1 Å². The van der Waals surface area contributed by atoms with E-state index in [1.165, 1.54) is 11.3 Å². The highest BCUT2D eigenvalue weighted by Crippen LogP contribution is 2.14. The molecular weight excluding hydrogens is 252 g/mol. The van der Waals surface area contributed by atoms with E-state index in [-0.39, 0.29) is 18.4 Å². The third kappa shape index (κ3) is 3.08. The molecule has 1 saturated heterocycles. The van der Waals surface area contributed by atoms with Gasteiger partial charge in [0.2, 0.25) is 5.91 Å². The molecule has 6 heteroatoms. The molecule has 1 aliphatic rings. The second-order valence-corrected chi connectivity index (χ2v) is 5.66. The zero-order chi connectivity index (χ0) is 13.1. The van der Waals surface area contributed by atoms with Crippen LogP contribution in [0.25, 0.3) is 0 Å². The molecule has 0 saturated carbocycles. The Balaban J connectivity index is 1.81. The van der Waals surface area contributed by atoms with Gasteiger partial charge in [-0.3, -0.25) is 9.59 Å². The van der Waals surface area contributed by atoms with Crippen LogP contribution in [0.5, 0.6) is 0 Å². The molecule has 0 spiro atoms. The van der Waals surface area contributed by atoms with Gasteiger partial charge < -0.3 is 15.3 Å². The summed E-state index contributed by atoms with van der Waals surface area (Å²) in [6.45, 7) is 2.85. The number of likely N-dealkylation sites (tertiary alicyclic amines) is 1. The SMILES string of the molecule is Cc1ccc(C(=O)NCC(=O)N2CC[C@@H](O)C2)s1. The van der Waals surface area contributed by atoms with E-state index in [1.807, 2.05) is 13.0 Å². The Bertz CT molecular complexity index is 458. The number of aliphatic hydroxyl groups is 1. The number of nitrogens with zero attached hydrogens (tertiary/aromatic N) is 1. The third-order valence-electron chi connectivity index (χ3n) is 2.88. The number of hydrogen-bond acceptors (Lipinski definition) is 4. The van der Waals surface area contributed by atoms with Crippen LogP contribution in [0.2, 0.25) is 0 Å². The summed E-state index contributed by atoms with van der Waals surface area (Å²) in [5.74, 6) is -0.366. The van der Waals surface area contributed by atoms with Gasteiger partial charge in [0.25, 0.3) is 5.91 Å². The summed E-state index contributed by atoms with van der Waals surface area (Å²) in [4.78, 5) is 26.7. The van der Waals surface area contributed by atoms with Crippen molar-refractivity contribution in [3.05, 3.63) is 21.9 Å². The summed E-state index contributed by atoms with van der Waals surface area (Å²) >= 11 is 1.40. The average Bonchev–Trinajstić information content (AvgIpc) is 2.94. The zero-order valence-corrected chi connectivity index (χ0v) is 11.0. The molecule has 2 amide bonds. The molecule has 1 fully saturated rings. The number of thiophene rings is 1. The van der Waals surface area contributed by atoms with E-state index in [0.717, 1.165) is 4.88 Å². The predicted octanol–water partition coefficient (Wildman–Crippen LogP) is 0.380. The fourth-order valence-electron chi connectivity index (χ4n) is 1.88. The van der Waals surface area contributed by atoms with E-state index in [2.05, 4.69) is 5.32 Å². The summed E-state index contributed by atoms with van der Waals surface area (Å²) in [6.07, 6.45) is 0.189. The summed E-state index contributed by atoms with van der Waals surface area (Å²) in [5, 5.41) is 11.9. The molecule has 98 valence electrons. The van der Waals surface area contributed by atoms with Crippen LogP contribution < -0.4 is 5.32 Å². The fourth-order valence-corrected chi connectivity index (χ4v) is 2.66. The number of carbonyl (C=O) groups is 2. The minimum Gasteiger partial charge on any atom is -0.391 e. The lowest BCUT2D eigenvalue weighted by atomic mass is 10.3. The number of aliphatic hydroxyl groups excluding tert-OH is 1. The predicted molar refractivity (Wildman–Crippen MR) is 68.6 cm³/mol. The normalized spacial score (nSPS) is 19.0. The quantitative estimate of drug-likeness (QED) is 0.832. The summed E-state index contributed by atoms with van der Waals surface area (Å²) in [6, 6.07) is 3.62. The van der Waals surface area contributed by atoms with Crippen molar-refractivity contribution in [2.75, 3.05) is 19.6 Å². The molecule has 2 N–H and O–H groups in total. The molecule has 18 heavy (non-hydrogen) atoms. The van der Waals surface area contributed by atoms with Crippen LogP contribution in [-0.4, -0.2) is 47.6 Å². The zero-order valence-electron chi connectivity index (χ0n) is 10.2. The Morgan fingerprint density at radius 2 is 2.33 bits per heavy atom. The second-order valence-electron chi connectivity index (χ2n) is 4.38. The number of carbonyl (C=O) groups excluding carboxylic acids is 2. The maximum absolute atomic E-state index is 11.7. The highest BCUT2D eigenvalue weighted by Gasteiger charge is 2.24. The van der Waals surface area contributed by atoms with Crippen LogP contribution >= 0.6 is 11.3 Å². The Labute approximate surface area is 109 Å². The van der Waals surface area contributed by atoms with Crippen LogP contribution in [0.1, 0.15) is 21.0 Å². The Morgan fingerprint density at radius 1 is 1.56 bits per heavy atom. The van der Waals surface area contributed by atoms with Gasteiger partial charge in [-0.1, -0.05) is 0 Å². The van der Waals surface area contributed by atoms with E-state index in [0.29, 0.717) is 24.4 Å². The summed E-state index contributed by atoms with van der Waals surface area (Å²) in [7, 11) is 0. The standard InChI is InChI=1S/C12H16N2O3S/c1-8-2-3-10(18-8)12(17)13-6-11(16)14-5-4-9(15)7-14/h2-3,9,15H,4-7H2,1H3,(H,13,17)/t9-/m1/s1. The van der Waals surface area contributed by atoms with Crippen molar-refractivity contribution in [3.8, 4) is 0 Å². The lowest BCUT2D eigenvalue weighted by Gasteiger charge is -2.15. The van der Waals surface area contributed by atoms with Gasteiger partial charge in [-0.25, -0.2) is 0 Å². The smallest absolute Gasteiger partial charge is 0.261 e. The topological polar surface area (TPSA) is 69.6 Å². The van der Waals surface area contributed by atoms with Crippen molar-refractivity contribution in [3.63, 3.8) is 0 Å². The number of rotatable bonds is 3. The van der Waals surface area contributed by atoms with Crippen LogP contribution in [0, 0.1) is 6.92 Å². The van der Waals surface area contributed by atoms with Crippen molar-refractivity contribution in [1.29, 1.82) is 0 Å². The van der Waals surface area contributed by atoms with Gasteiger partial charge in [-0.15, -0.1) is 11.3 Å². The van der Waals surface area contributed by atoms with E-state index in [4.69, 9.17) is 0 Å². The van der Waals surface area contributed by atoms with Crippen molar-refractivity contribution >= 4 is 23.2 Å². The molecule has 1 aliphatic heterocycles. The molecular formula is C12H16N2O3S. The number of nitrogens with one attached hydrogen (secondary N) is 1. The van der Waals surface area contributed by atoms with Crippen molar-refractivity contribution in [1.82, 2.24) is 10.2 Å². The minimum absolute atomic E-state index is 0.0114. The van der Waals surface area contributed by atoms with Gasteiger partial charge in [0.15, 0.2) is 0 Å². The van der Waals surface area contributed by atoms with Crippen molar-refractivity contribution in [2.24, 2.45) is 0 Å². The number of amides is 2. The highest BCUT2D eigenvalue weighted by molar-refractivity contribution is 7.13. The van der Waals surface area contributed by atoms with E-state index in [1.54, 1.807) is 11.0 Å². The first-order valence-corrected chi connectivity index (χ1v) is 6.68. The number of hydrogen-bond donors (Lipinski definition) is 2. The second kappa shape index (κ2) is 5.49. The molecule has 0 unspecified atom stereocenters.